The standard InChI is InChI=1S/C12H14F3N/c13-12(14,15)11(16-8-9-6-7-9)10-4-2-1-3-5-10/h1-5,9,11,16H,6-8H2. The van der Waals surface area contributed by atoms with Crippen LogP contribution in [0, 0.1) is 5.92 Å². The minimum atomic E-state index is -4.23. The second kappa shape index (κ2) is 4.45. The van der Waals surface area contributed by atoms with Crippen LogP contribution in [0.1, 0.15) is 24.4 Å². The van der Waals surface area contributed by atoms with Crippen molar-refractivity contribution in [1.29, 1.82) is 0 Å². The smallest absolute Gasteiger partial charge is 0.302 e. The van der Waals surface area contributed by atoms with Crippen molar-refractivity contribution in [2.75, 3.05) is 6.54 Å². The van der Waals surface area contributed by atoms with Crippen LogP contribution >= 0.6 is 0 Å². The molecule has 1 fully saturated rings. The maximum atomic E-state index is 12.8. The molecule has 0 bridgehead atoms. The first kappa shape index (κ1) is 11.5. The van der Waals surface area contributed by atoms with Gasteiger partial charge < -0.3 is 5.32 Å². The largest absolute Gasteiger partial charge is 0.407 e. The van der Waals surface area contributed by atoms with Gasteiger partial charge in [-0.05, 0) is 30.9 Å². The van der Waals surface area contributed by atoms with Gasteiger partial charge in [0.1, 0.15) is 6.04 Å². The van der Waals surface area contributed by atoms with Gasteiger partial charge in [0.25, 0.3) is 0 Å². The van der Waals surface area contributed by atoms with Gasteiger partial charge in [0.2, 0.25) is 0 Å². The minimum Gasteiger partial charge on any atom is -0.302 e. The van der Waals surface area contributed by atoms with Crippen molar-refractivity contribution in [2.24, 2.45) is 5.92 Å². The molecule has 4 heteroatoms. The van der Waals surface area contributed by atoms with Crippen LogP contribution in [0.3, 0.4) is 0 Å². The highest BCUT2D eigenvalue weighted by atomic mass is 19.4. The first-order valence-electron chi connectivity index (χ1n) is 5.42. The van der Waals surface area contributed by atoms with Crippen molar-refractivity contribution >= 4 is 0 Å². The molecule has 0 spiro atoms. The molecule has 0 amide bonds. The fraction of sp³-hybridized carbons (Fsp3) is 0.500. The Morgan fingerprint density at radius 1 is 1.19 bits per heavy atom. The quantitative estimate of drug-likeness (QED) is 0.835. The van der Waals surface area contributed by atoms with E-state index in [2.05, 4.69) is 5.32 Å². The Balaban J connectivity index is 2.07. The summed E-state index contributed by atoms with van der Waals surface area (Å²) >= 11 is 0. The summed E-state index contributed by atoms with van der Waals surface area (Å²) in [6, 6.07) is 6.47. The Morgan fingerprint density at radius 3 is 2.31 bits per heavy atom. The molecular weight excluding hydrogens is 215 g/mol. The molecule has 16 heavy (non-hydrogen) atoms. The summed E-state index contributed by atoms with van der Waals surface area (Å²) in [4.78, 5) is 0. The molecule has 1 nitrogen and oxygen atoms in total. The van der Waals surface area contributed by atoms with E-state index in [1.807, 2.05) is 0 Å². The SMILES string of the molecule is FC(F)(F)C(NCC1CC1)c1ccccc1. The van der Waals surface area contributed by atoms with Crippen molar-refractivity contribution in [3.63, 3.8) is 0 Å². The predicted octanol–water partition coefficient (Wildman–Crippen LogP) is 3.29. The van der Waals surface area contributed by atoms with E-state index < -0.39 is 12.2 Å². The molecule has 1 N–H and O–H groups in total. The molecule has 88 valence electrons. The monoisotopic (exact) mass is 229 g/mol. The maximum Gasteiger partial charge on any atom is 0.407 e. The normalized spacial score (nSPS) is 18.4. The molecule has 0 aromatic heterocycles. The summed E-state index contributed by atoms with van der Waals surface area (Å²) < 4.78 is 38.4. The van der Waals surface area contributed by atoms with Crippen LogP contribution in [0.5, 0.6) is 0 Å². The molecule has 2 rings (SSSR count). The van der Waals surface area contributed by atoms with Crippen molar-refractivity contribution in [3.8, 4) is 0 Å². The van der Waals surface area contributed by atoms with E-state index >= 15 is 0 Å². The summed E-state index contributed by atoms with van der Waals surface area (Å²) in [6.07, 6.45) is -2.13. The first-order valence-corrected chi connectivity index (χ1v) is 5.42. The zero-order valence-electron chi connectivity index (χ0n) is 8.80. The lowest BCUT2D eigenvalue weighted by Gasteiger charge is -2.22. The Hall–Kier alpha value is -1.03. The minimum absolute atomic E-state index is 0.288. The molecule has 1 aromatic carbocycles. The molecule has 1 aliphatic carbocycles. The van der Waals surface area contributed by atoms with Crippen molar-refractivity contribution in [3.05, 3.63) is 35.9 Å². The third-order valence-corrected chi connectivity index (χ3v) is 2.77. The molecule has 1 unspecified atom stereocenters. The van der Waals surface area contributed by atoms with E-state index in [4.69, 9.17) is 0 Å². The molecule has 0 saturated heterocycles. The van der Waals surface area contributed by atoms with E-state index in [0.717, 1.165) is 12.8 Å². The molecule has 0 heterocycles. The Bertz CT molecular complexity index is 330. The summed E-state index contributed by atoms with van der Waals surface area (Å²) in [5.41, 5.74) is 0.288. The van der Waals surface area contributed by atoms with Gasteiger partial charge in [-0.25, -0.2) is 0 Å². The number of hydrogen-bond donors (Lipinski definition) is 1. The Kier molecular flexibility index (Phi) is 3.19. The van der Waals surface area contributed by atoms with Gasteiger partial charge in [0, 0.05) is 0 Å². The van der Waals surface area contributed by atoms with Crippen molar-refractivity contribution < 1.29 is 13.2 Å². The van der Waals surface area contributed by atoms with Crippen LogP contribution in [0.4, 0.5) is 13.2 Å². The average molecular weight is 229 g/mol. The zero-order chi connectivity index (χ0) is 11.6. The summed E-state index contributed by atoms with van der Waals surface area (Å²) in [5.74, 6) is 0.438. The van der Waals surface area contributed by atoms with E-state index in [0.29, 0.717) is 12.5 Å². The van der Waals surface area contributed by atoms with Gasteiger partial charge in [-0.1, -0.05) is 30.3 Å². The Morgan fingerprint density at radius 2 is 1.81 bits per heavy atom. The highest BCUT2D eigenvalue weighted by Crippen LogP contribution is 2.34. The predicted molar refractivity (Wildman–Crippen MR) is 56.0 cm³/mol. The van der Waals surface area contributed by atoms with Gasteiger partial charge in [0.05, 0.1) is 0 Å². The van der Waals surface area contributed by atoms with E-state index in [1.165, 1.54) is 12.1 Å². The van der Waals surface area contributed by atoms with Crippen molar-refractivity contribution in [1.82, 2.24) is 5.32 Å². The fourth-order valence-electron chi connectivity index (χ4n) is 1.67. The number of benzene rings is 1. The van der Waals surface area contributed by atoms with E-state index in [-0.39, 0.29) is 5.56 Å². The number of rotatable bonds is 4. The van der Waals surface area contributed by atoms with Gasteiger partial charge in [-0.15, -0.1) is 0 Å². The molecule has 1 atom stereocenters. The van der Waals surface area contributed by atoms with Gasteiger partial charge in [-0.2, -0.15) is 13.2 Å². The van der Waals surface area contributed by atoms with Crippen molar-refractivity contribution in [2.45, 2.75) is 25.1 Å². The highest BCUT2D eigenvalue weighted by Gasteiger charge is 2.41. The molecular formula is C12H14F3N. The molecule has 1 aromatic rings. The Labute approximate surface area is 92.7 Å². The molecule has 1 saturated carbocycles. The second-order valence-corrected chi connectivity index (χ2v) is 4.24. The van der Waals surface area contributed by atoms with Crippen LogP contribution in [-0.2, 0) is 0 Å². The molecule has 0 radical (unpaired) electrons. The van der Waals surface area contributed by atoms with Crippen LogP contribution < -0.4 is 5.32 Å². The summed E-state index contributed by atoms with van der Waals surface area (Å²) in [6.45, 7) is 0.457. The zero-order valence-corrected chi connectivity index (χ0v) is 8.80. The van der Waals surface area contributed by atoms with Crippen LogP contribution in [-0.4, -0.2) is 12.7 Å². The second-order valence-electron chi connectivity index (χ2n) is 4.24. The maximum absolute atomic E-state index is 12.8. The first-order chi connectivity index (χ1) is 7.57. The van der Waals surface area contributed by atoms with Gasteiger partial charge in [0.15, 0.2) is 0 Å². The summed E-state index contributed by atoms with van der Waals surface area (Å²) in [7, 11) is 0. The fourth-order valence-corrected chi connectivity index (χ4v) is 1.67. The third-order valence-electron chi connectivity index (χ3n) is 2.77. The lowest BCUT2D eigenvalue weighted by molar-refractivity contribution is -0.157. The van der Waals surface area contributed by atoms with Gasteiger partial charge in [-0.3, -0.25) is 0 Å². The van der Waals surface area contributed by atoms with Crippen LogP contribution in [0.25, 0.3) is 0 Å². The topological polar surface area (TPSA) is 12.0 Å². The third kappa shape index (κ3) is 2.98. The van der Waals surface area contributed by atoms with Crippen LogP contribution in [0.2, 0.25) is 0 Å². The van der Waals surface area contributed by atoms with Gasteiger partial charge >= 0.3 is 6.18 Å². The number of alkyl halides is 3. The lowest BCUT2D eigenvalue weighted by Crippen LogP contribution is -2.35. The highest BCUT2D eigenvalue weighted by molar-refractivity contribution is 5.20. The average Bonchev–Trinajstić information content (AvgIpc) is 3.01. The molecule has 1 aliphatic rings. The summed E-state index contributed by atoms with van der Waals surface area (Å²) in [5, 5.41) is 2.61. The number of halogens is 3. The van der Waals surface area contributed by atoms with E-state index in [1.54, 1.807) is 18.2 Å². The molecule has 0 aliphatic heterocycles. The number of hydrogen-bond acceptors (Lipinski definition) is 1. The number of nitrogens with one attached hydrogen (secondary N) is 1. The lowest BCUT2D eigenvalue weighted by atomic mass is 10.1. The van der Waals surface area contributed by atoms with Crippen LogP contribution in [0.15, 0.2) is 30.3 Å². The van der Waals surface area contributed by atoms with E-state index in [9.17, 15) is 13.2 Å².